The van der Waals surface area contributed by atoms with Crippen molar-refractivity contribution in [2.75, 3.05) is 58.8 Å². The van der Waals surface area contributed by atoms with E-state index in [2.05, 4.69) is 49.6 Å². The van der Waals surface area contributed by atoms with Crippen LogP contribution in [0.3, 0.4) is 0 Å². The molecule has 1 aliphatic heterocycles. The molecule has 1 saturated heterocycles. The van der Waals surface area contributed by atoms with Gasteiger partial charge in [-0.3, -0.25) is 4.99 Å². The van der Waals surface area contributed by atoms with E-state index in [1.165, 1.54) is 0 Å². The summed E-state index contributed by atoms with van der Waals surface area (Å²) in [5.41, 5.74) is 0.899. The van der Waals surface area contributed by atoms with Gasteiger partial charge in [0.25, 0.3) is 0 Å². The number of nitrogens with zero attached hydrogens (tertiary/aromatic N) is 4. The van der Waals surface area contributed by atoms with Crippen molar-refractivity contribution in [1.82, 2.24) is 20.5 Å². The molecule has 7 nitrogen and oxygen atoms in total. The van der Waals surface area contributed by atoms with Gasteiger partial charge in [-0.1, -0.05) is 6.07 Å². The van der Waals surface area contributed by atoms with Crippen molar-refractivity contribution >= 4 is 35.8 Å². The number of hydrogen-bond donors (Lipinski definition) is 2. The summed E-state index contributed by atoms with van der Waals surface area (Å²) < 4.78 is 5.41. The summed E-state index contributed by atoms with van der Waals surface area (Å²) in [5.74, 6) is 1.81. The summed E-state index contributed by atoms with van der Waals surface area (Å²) in [4.78, 5) is 13.5. The van der Waals surface area contributed by atoms with Gasteiger partial charge in [0.2, 0.25) is 0 Å². The molecule has 0 radical (unpaired) electrons. The van der Waals surface area contributed by atoms with Gasteiger partial charge in [-0.2, -0.15) is 0 Å². The van der Waals surface area contributed by atoms with Crippen LogP contribution in [0.15, 0.2) is 23.3 Å². The summed E-state index contributed by atoms with van der Waals surface area (Å²) in [6.07, 6.45) is 1.94. The highest BCUT2D eigenvalue weighted by molar-refractivity contribution is 14.0. The predicted octanol–water partition coefficient (Wildman–Crippen LogP) is 1.54. The van der Waals surface area contributed by atoms with Crippen molar-refractivity contribution < 1.29 is 4.74 Å². The number of rotatable bonds is 6. The third-order valence-corrected chi connectivity index (χ3v) is 4.55. The van der Waals surface area contributed by atoms with Gasteiger partial charge in [-0.05, 0) is 32.5 Å². The summed E-state index contributed by atoms with van der Waals surface area (Å²) in [7, 11) is 5.64. The number of methoxy groups -OCH3 is 1. The molecule has 26 heavy (non-hydrogen) atoms. The van der Waals surface area contributed by atoms with E-state index < -0.39 is 0 Å². The van der Waals surface area contributed by atoms with E-state index in [9.17, 15) is 0 Å². The van der Waals surface area contributed by atoms with Crippen LogP contribution >= 0.6 is 24.0 Å². The highest BCUT2D eigenvalue weighted by atomic mass is 127. The van der Waals surface area contributed by atoms with Crippen molar-refractivity contribution in [1.29, 1.82) is 0 Å². The molecular weight excluding hydrogens is 443 g/mol. The molecule has 2 heterocycles. The quantitative estimate of drug-likeness (QED) is 0.369. The molecule has 0 aromatic carbocycles. The number of aliphatic imine (C=N–C) groups is 1. The molecule has 148 valence electrons. The first-order valence-corrected chi connectivity index (χ1v) is 8.81. The second-order valence-corrected chi connectivity index (χ2v) is 7.06. The highest BCUT2D eigenvalue weighted by Gasteiger charge is 2.17. The zero-order valence-electron chi connectivity index (χ0n) is 16.6. The van der Waals surface area contributed by atoms with Crippen LogP contribution in [0.25, 0.3) is 0 Å². The lowest BCUT2D eigenvalue weighted by molar-refractivity contribution is 0.0268. The van der Waals surface area contributed by atoms with Crippen LogP contribution in [0.5, 0.6) is 0 Å². The number of hydrogen-bond acceptors (Lipinski definition) is 5. The van der Waals surface area contributed by atoms with Crippen molar-refractivity contribution in [3.05, 3.63) is 23.9 Å². The largest absolute Gasteiger partial charge is 0.377 e. The lowest BCUT2D eigenvalue weighted by atomic mass is 10.1. The summed E-state index contributed by atoms with van der Waals surface area (Å²) in [6.45, 7) is 9.69. The van der Waals surface area contributed by atoms with E-state index >= 15 is 0 Å². The number of guanidine groups is 1. The van der Waals surface area contributed by atoms with Crippen LogP contribution in [0.4, 0.5) is 5.82 Å². The first-order chi connectivity index (χ1) is 11.9. The zero-order valence-corrected chi connectivity index (χ0v) is 18.9. The van der Waals surface area contributed by atoms with Gasteiger partial charge in [0, 0.05) is 59.6 Å². The van der Waals surface area contributed by atoms with Gasteiger partial charge in [0.15, 0.2) is 5.96 Å². The summed E-state index contributed by atoms with van der Waals surface area (Å²) in [5, 5.41) is 6.59. The van der Waals surface area contributed by atoms with Crippen molar-refractivity contribution in [3.8, 4) is 0 Å². The molecule has 1 fully saturated rings. The Bertz CT molecular complexity index is 555. The summed E-state index contributed by atoms with van der Waals surface area (Å²) >= 11 is 0. The van der Waals surface area contributed by atoms with Crippen molar-refractivity contribution in [2.24, 2.45) is 4.99 Å². The fourth-order valence-corrected chi connectivity index (χ4v) is 2.52. The monoisotopic (exact) mass is 476 g/mol. The number of pyridine rings is 1. The third-order valence-electron chi connectivity index (χ3n) is 4.55. The van der Waals surface area contributed by atoms with E-state index in [4.69, 9.17) is 4.74 Å². The fraction of sp³-hybridized carbons (Fsp3) is 0.667. The molecule has 0 atom stereocenters. The highest BCUT2D eigenvalue weighted by Crippen LogP contribution is 2.13. The first-order valence-electron chi connectivity index (χ1n) is 8.81. The second-order valence-electron chi connectivity index (χ2n) is 7.06. The third kappa shape index (κ3) is 7.24. The first kappa shape index (κ1) is 22.9. The molecule has 0 bridgehead atoms. The van der Waals surface area contributed by atoms with Gasteiger partial charge < -0.3 is 25.2 Å². The molecule has 0 amide bonds. The molecule has 1 aromatic heterocycles. The standard InChI is InChI=1S/C18H32N6O.HI/c1-18(2,25-5)14-22-17(19-3)21-13-15-6-7-16(20-12-15)24-10-8-23(4)9-11-24;/h6-7,12H,8-11,13-14H2,1-5H3,(H2,19,21,22);1H. The smallest absolute Gasteiger partial charge is 0.191 e. The van der Waals surface area contributed by atoms with Crippen LogP contribution < -0.4 is 15.5 Å². The van der Waals surface area contributed by atoms with Crippen molar-refractivity contribution in [2.45, 2.75) is 26.0 Å². The second kappa shape index (κ2) is 10.9. The molecule has 1 aromatic rings. The van der Waals surface area contributed by atoms with Crippen LogP contribution in [0.1, 0.15) is 19.4 Å². The van der Waals surface area contributed by atoms with Crippen molar-refractivity contribution in [3.63, 3.8) is 0 Å². The topological polar surface area (TPSA) is 65.0 Å². The number of halogens is 1. The Morgan fingerprint density at radius 2 is 1.92 bits per heavy atom. The van der Waals surface area contributed by atoms with Gasteiger partial charge in [-0.15, -0.1) is 24.0 Å². The molecular formula is C18H33IN6O. The van der Waals surface area contributed by atoms with Gasteiger partial charge in [0.1, 0.15) is 5.82 Å². The van der Waals surface area contributed by atoms with Crippen LogP contribution in [0, 0.1) is 0 Å². The van der Waals surface area contributed by atoms with Crippen LogP contribution in [-0.4, -0.2) is 75.4 Å². The lowest BCUT2D eigenvalue weighted by Crippen LogP contribution is -2.45. The van der Waals surface area contributed by atoms with E-state index in [-0.39, 0.29) is 29.6 Å². The van der Waals surface area contributed by atoms with Gasteiger partial charge >= 0.3 is 0 Å². The molecule has 2 N–H and O–H groups in total. The Morgan fingerprint density at radius 1 is 1.23 bits per heavy atom. The normalized spacial score (nSPS) is 16.2. The average Bonchev–Trinajstić information content (AvgIpc) is 2.63. The SMILES string of the molecule is CN=C(NCc1ccc(N2CCN(C)CC2)nc1)NCC(C)(C)OC.I. The number of likely N-dealkylation sites (N-methyl/N-ethyl adjacent to an activating group) is 1. The molecule has 1 aliphatic rings. The van der Waals surface area contributed by atoms with Gasteiger partial charge in [-0.25, -0.2) is 4.98 Å². The summed E-state index contributed by atoms with van der Waals surface area (Å²) in [6, 6.07) is 4.23. The molecule has 0 unspecified atom stereocenters. The number of nitrogens with one attached hydrogen (secondary N) is 2. The predicted molar refractivity (Wildman–Crippen MR) is 119 cm³/mol. The number of anilines is 1. The molecule has 0 saturated carbocycles. The maximum Gasteiger partial charge on any atom is 0.191 e. The minimum atomic E-state index is -0.233. The Kier molecular flexibility index (Phi) is 9.59. The Morgan fingerprint density at radius 3 is 2.46 bits per heavy atom. The van der Waals surface area contributed by atoms with Gasteiger partial charge in [0.05, 0.1) is 5.60 Å². The van der Waals surface area contributed by atoms with Crippen LogP contribution in [-0.2, 0) is 11.3 Å². The zero-order chi connectivity index (χ0) is 18.3. The minimum absolute atomic E-state index is 0. The molecule has 8 heteroatoms. The maximum atomic E-state index is 5.41. The van der Waals surface area contributed by atoms with E-state index in [0.717, 1.165) is 43.5 Å². The number of piperazine rings is 1. The Hall–Kier alpha value is -1.13. The average molecular weight is 476 g/mol. The molecule has 0 aliphatic carbocycles. The Labute approximate surface area is 174 Å². The fourth-order valence-electron chi connectivity index (χ4n) is 2.52. The molecule has 2 rings (SSSR count). The Balaban J connectivity index is 0.00000338. The van der Waals surface area contributed by atoms with E-state index in [1.54, 1.807) is 14.2 Å². The lowest BCUT2D eigenvalue weighted by Gasteiger charge is -2.33. The van der Waals surface area contributed by atoms with Crippen LogP contribution in [0.2, 0.25) is 0 Å². The molecule has 0 spiro atoms. The number of aromatic nitrogens is 1. The van der Waals surface area contributed by atoms with E-state index in [0.29, 0.717) is 13.1 Å². The maximum absolute atomic E-state index is 5.41. The number of ether oxygens (including phenoxy) is 1. The van der Waals surface area contributed by atoms with E-state index in [1.807, 2.05) is 20.0 Å². The minimum Gasteiger partial charge on any atom is -0.377 e.